The minimum Gasteiger partial charge on any atom is -0.507 e. The van der Waals surface area contributed by atoms with E-state index in [2.05, 4.69) is 22.6 Å². The number of hydrogen-bond acceptors (Lipinski definition) is 3. The number of benzene rings is 2. The molecule has 2 rings (SSSR count). The Kier molecular flexibility index (Phi) is 4.13. The fraction of sp³-hybridized carbons (Fsp3) is 0. The molecule has 0 aliphatic rings. The predicted molar refractivity (Wildman–Crippen MR) is 78.3 cm³/mol. The van der Waals surface area contributed by atoms with E-state index in [0.717, 1.165) is 13.4 Å². The van der Waals surface area contributed by atoms with Crippen molar-refractivity contribution in [3.63, 3.8) is 0 Å². The normalized spacial score (nSPS) is 10.3. The molecule has 5 heteroatoms. The van der Waals surface area contributed by atoms with Gasteiger partial charge >= 0.3 is 5.97 Å². The van der Waals surface area contributed by atoms with Crippen molar-refractivity contribution in [1.29, 1.82) is 0 Å². The van der Waals surface area contributed by atoms with Crippen molar-refractivity contribution < 1.29 is 15.0 Å². The number of phenols is 1. The van der Waals surface area contributed by atoms with Crippen LogP contribution in [0.15, 0.2) is 52.3 Å². The van der Waals surface area contributed by atoms with Gasteiger partial charge in [-0.05, 0) is 65.1 Å². The average Bonchev–Trinajstić information content (AvgIpc) is 2.34. The number of rotatable bonds is 3. The smallest absolute Gasteiger partial charge is 0.335 e. The summed E-state index contributed by atoms with van der Waals surface area (Å²) < 4.78 is 0.804. The molecule has 3 nitrogen and oxygen atoms in total. The summed E-state index contributed by atoms with van der Waals surface area (Å²) in [6.45, 7) is 0. The Hall–Kier alpha value is -1.21. The molecular formula is C13H9IO3S. The number of aromatic hydroxyl groups is 1. The monoisotopic (exact) mass is 372 g/mol. The highest BCUT2D eigenvalue weighted by molar-refractivity contribution is 14.1. The lowest BCUT2D eigenvalue weighted by Crippen LogP contribution is -1.94. The largest absolute Gasteiger partial charge is 0.507 e. The van der Waals surface area contributed by atoms with Crippen LogP contribution < -0.4 is 0 Å². The molecule has 0 heterocycles. The van der Waals surface area contributed by atoms with Gasteiger partial charge in [-0.2, -0.15) is 0 Å². The zero-order valence-corrected chi connectivity index (χ0v) is 12.1. The predicted octanol–water partition coefficient (Wildman–Crippen LogP) is 3.85. The van der Waals surface area contributed by atoms with E-state index >= 15 is 0 Å². The van der Waals surface area contributed by atoms with Gasteiger partial charge in [0.1, 0.15) is 5.75 Å². The number of phenolic OH excluding ortho intramolecular Hbond substituents is 1. The van der Waals surface area contributed by atoms with Gasteiger partial charge in [0.2, 0.25) is 0 Å². The molecule has 18 heavy (non-hydrogen) atoms. The summed E-state index contributed by atoms with van der Waals surface area (Å²) in [5.41, 5.74) is 0.268. The molecule has 0 atom stereocenters. The Bertz CT molecular complexity index is 581. The van der Waals surface area contributed by atoms with E-state index in [1.165, 1.54) is 11.8 Å². The molecular weight excluding hydrogens is 363 g/mol. The summed E-state index contributed by atoms with van der Waals surface area (Å²) >= 11 is 3.53. The summed E-state index contributed by atoms with van der Waals surface area (Å²) in [5.74, 6) is -0.679. The SMILES string of the molecule is O=C(O)c1ccc(Sc2ccc(I)c(O)c2)cc1. The van der Waals surface area contributed by atoms with Crippen LogP contribution in [0, 0.1) is 3.57 Å². The van der Waals surface area contributed by atoms with Gasteiger partial charge in [-0.1, -0.05) is 11.8 Å². The molecule has 2 aromatic rings. The van der Waals surface area contributed by atoms with Crippen LogP contribution in [0.3, 0.4) is 0 Å². The molecule has 0 fully saturated rings. The van der Waals surface area contributed by atoms with E-state index < -0.39 is 5.97 Å². The first-order chi connectivity index (χ1) is 8.56. The Morgan fingerprint density at radius 2 is 1.67 bits per heavy atom. The van der Waals surface area contributed by atoms with Crippen molar-refractivity contribution in [2.75, 3.05) is 0 Å². The van der Waals surface area contributed by atoms with Gasteiger partial charge in [0.15, 0.2) is 0 Å². The first kappa shape index (κ1) is 13.2. The van der Waals surface area contributed by atoms with Gasteiger partial charge in [-0.25, -0.2) is 4.79 Å². The number of hydrogen-bond donors (Lipinski definition) is 2. The number of aromatic carboxylic acids is 1. The quantitative estimate of drug-likeness (QED) is 0.804. The summed E-state index contributed by atoms with van der Waals surface area (Å²) in [6, 6.07) is 12.1. The van der Waals surface area contributed by atoms with Crippen LogP contribution in [0.5, 0.6) is 5.75 Å². The van der Waals surface area contributed by atoms with Gasteiger partial charge in [0.05, 0.1) is 9.13 Å². The highest BCUT2D eigenvalue weighted by Gasteiger charge is 2.04. The molecule has 0 amide bonds. The van der Waals surface area contributed by atoms with Crippen LogP contribution in [-0.2, 0) is 0 Å². The zero-order chi connectivity index (χ0) is 13.1. The fourth-order valence-electron chi connectivity index (χ4n) is 1.36. The first-order valence-corrected chi connectivity index (χ1v) is 6.95. The van der Waals surface area contributed by atoms with Gasteiger partial charge in [0.25, 0.3) is 0 Å². The lowest BCUT2D eigenvalue weighted by molar-refractivity contribution is 0.0697. The van der Waals surface area contributed by atoms with Crippen molar-refractivity contribution in [1.82, 2.24) is 0 Å². The van der Waals surface area contributed by atoms with Gasteiger partial charge < -0.3 is 10.2 Å². The van der Waals surface area contributed by atoms with E-state index in [0.29, 0.717) is 0 Å². The highest BCUT2D eigenvalue weighted by atomic mass is 127. The average molecular weight is 372 g/mol. The van der Waals surface area contributed by atoms with Gasteiger partial charge in [-0.15, -0.1) is 0 Å². The van der Waals surface area contributed by atoms with Crippen LogP contribution in [0.1, 0.15) is 10.4 Å². The Morgan fingerprint density at radius 1 is 1.06 bits per heavy atom. The molecule has 0 saturated carbocycles. The number of carboxylic acid groups (broad SMARTS) is 1. The maximum atomic E-state index is 10.7. The number of carbonyl (C=O) groups is 1. The van der Waals surface area contributed by atoms with Crippen molar-refractivity contribution in [3.05, 3.63) is 51.6 Å². The van der Waals surface area contributed by atoms with E-state index in [9.17, 15) is 9.90 Å². The van der Waals surface area contributed by atoms with Crippen LogP contribution in [0.2, 0.25) is 0 Å². The van der Waals surface area contributed by atoms with E-state index in [1.807, 2.05) is 12.1 Å². The van der Waals surface area contributed by atoms with Crippen molar-refractivity contribution in [2.45, 2.75) is 9.79 Å². The minimum absolute atomic E-state index is 0.253. The highest BCUT2D eigenvalue weighted by Crippen LogP contribution is 2.31. The number of carboxylic acids is 1. The molecule has 2 aromatic carbocycles. The third-order valence-electron chi connectivity index (χ3n) is 2.25. The third kappa shape index (κ3) is 3.17. The molecule has 0 aliphatic heterocycles. The van der Waals surface area contributed by atoms with Gasteiger partial charge in [0, 0.05) is 9.79 Å². The summed E-state index contributed by atoms with van der Waals surface area (Å²) in [7, 11) is 0. The number of halogens is 1. The van der Waals surface area contributed by atoms with Crippen molar-refractivity contribution in [2.24, 2.45) is 0 Å². The van der Waals surface area contributed by atoms with Crippen molar-refractivity contribution in [3.8, 4) is 5.75 Å². The maximum Gasteiger partial charge on any atom is 0.335 e. The second-order valence-corrected chi connectivity index (χ2v) is 5.85. The molecule has 0 spiro atoms. The maximum absolute atomic E-state index is 10.7. The summed E-state index contributed by atoms with van der Waals surface area (Å²) in [4.78, 5) is 12.6. The summed E-state index contributed by atoms with van der Waals surface area (Å²) in [5, 5.41) is 18.4. The lowest BCUT2D eigenvalue weighted by Gasteiger charge is -2.04. The fourth-order valence-corrected chi connectivity index (χ4v) is 2.54. The second kappa shape index (κ2) is 5.62. The lowest BCUT2D eigenvalue weighted by atomic mass is 10.2. The van der Waals surface area contributed by atoms with E-state index in [1.54, 1.807) is 30.3 Å². The molecule has 0 aliphatic carbocycles. The second-order valence-electron chi connectivity index (χ2n) is 3.54. The molecule has 0 radical (unpaired) electrons. The molecule has 2 N–H and O–H groups in total. The molecule has 0 aromatic heterocycles. The Labute approximate surface area is 122 Å². The van der Waals surface area contributed by atoms with E-state index in [-0.39, 0.29) is 11.3 Å². The molecule has 0 saturated heterocycles. The Morgan fingerprint density at radius 3 is 2.22 bits per heavy atom. The first-order valence-electron chi connectivity index (χ1n) is 5.06. The van der Waals surface area contributed by atoms with Crippen LogP contribution in [0.4, 0.5) is 0 Å². The molecule has 0 unspecified atom stereocenters. The molecule has 0 bridgehead atoms. The zero-order valence-electron chi connectivity index (χ0n) is 9.13. The summed E-state index contributed by atoms with van der Waals surface area (Å²) in [6.07, 6.45) is 0. The minimum atomic E-state index is -0.932. The van der Waals surface area contributed by atoms with Crippen molar-refractivity contribution >= 4 is 40.3 Å². The van der Waals surface area contributed by atoms with Crippen LogP contribution in [-0.4, -0.2) is 16.2 Å². The van der Waals surface area contributed by atoms with Crippen LogP contribution >= 0.6 is 34.4 Å². The standard InChI is InChI=1S/C13H9IO3S/c14-11-6-5-10(7-12(11)15)18-9-3-1-8(2-4-9)13(16)17/h1-7,15H,(H,16,17). The van der Waals surface area contributed by atoms with E-state index in [4.69, 9.17) is 5.11 Å². The topological polar surface area (TPSA) is 57.5 Å². The Balaban J connectivity index is 2.18. The third-order valence-corrected chi connectivity index (χ3v) is 4.16. The van der Waals surface area contributed by atoms with Crippen LogP contribution in [0.25, 0.3) is 0 Å². The molecule has 92 valence electrons. The van der Waals surface area contributed by atoms with Gasteiger partial charge in [-0.3, -0.25) is 0 Å².